The highest BCUT2D eigenvalue weighted by Gasteiger charge is 2.10. The minimum atomic E-state index is -0.830. The Labute approximate surface area is 118 Å². The second kappa shape index (κ2) is 6.17. The quantitative estimate of drug-likeness (QED) is 0.906. The van der Waals surface area contributed by atoms with Crippen molar-refractivity contribution in [1.29, 1.82) is 0 Å². The molecule has 0 aliphatic heterocycles. The zero-order valence-corrected chi connectivity index (χ0v) is 10.9. The molecule has 2 aromatic rings. The Morgan fingerprint density at radius 1 is 1.00 bits per heavy atom. The Bertz CT molecular complexity index is 677. The minimum Gasteiger partial charge on any atom is -0.494 e. The SMILES string of the molecule is COc1ccc(NC(=O)Nc2cc(F)ccc2F)cc1F. The number of benzene rings is 2. The molecule has 0 aliphatic rings. The number of halogens is 3. The Morgan fingerprint density at radius 2 is 1.76 bits per heavy atom. The van der Waals surface area contributed by atoms with Gasteiger partial charge in [0, 0.05) is 17.8 Å². The van der Waals surface area contributed by atoms with Gasteiger partial charge in [0.05, 0.1) is 12.8 Å². The zero-order valence-electron chi connectivity index (χ0n) is 10.9. The van der Waals surface area contributed by atoms with Gasteiger partial charge in [0.1, 0.15) is 11.6 Å². The van der Waals surface area contributed by atoms with Gasteiger partial charge in [-0.1, -0.05) is 0 Å². The van der Waals surface area contributed by atoms with Crippen molar-refractivity contribution in [1.82, 2.24) is 0 Å². The van der Waals surface area contributed by atoms with Gasteiger partial charge in [0.25, 0.3) is 0 Å². The van der Waals surface area contributed by atoms with E-state index in [-0.39, 0.29) is 17.1 Å². The molecule has 4 nitrogen and oxygen atoms in total. The summed E-state index contributed by atoms with van der Waals surface area (Å²) in [6, 6.07) is 5.60. The number of methoxy groups -OCH3 is 1. The van der Waals surface area contributed by atoms with Gasteiger partial charge in [-0.25, -0.2) is 18.0 Å². The molecular weight excluding hydrogens is 285 g/mol. The summed E-state index contributed by atoms with van der Waals surface area (Å²) in [5.74, 6) is -2.11. The highest BCUT2D eigenvalue weighted by molar-refractivity contribution is 5.99. The predicted molar refractivity (Wildman–Crippen MR) is 72.0 cm³/mol. The highest BCUT2D eigenvalue weighted by Crippen LogP contribution is 2.21. The van der Waals surface area contributed by atoms with Crippen LogP contribution in [0.15, 0.2) is 36.4 Å². The van der Waals surface area contributed by atoms with Gasteiger partial charge >= 0.3 is 6.03 Å². The molecular formula is C14H11F3N2O2. The molecule has 0 saturated heterocycles. The number of amides is 2. The molecule has 0 atom stereocenters. The maximum absolute atomic E-state index is 13.4. The number of urea groups is 1. The van der Waals surface area contributed by atoms with Gasteiger partial charge in [-0.05, 0) is 24.3 Å². The number of anilines is 2. The van der Waals surface area contributed by atoms with Gasteiger partial charge in [0.15, 0.2) is 11.6 Å². The average molecular weight is 296 g/mol. The van der Waals surface area contributed by atoms with E-state index in [0.29, 0.717) is 0 Å². The van der Waals surface area contributed by atoms with Crippen molar-refractivity contribution in [3.63, 3.8) is 0 Å². The molecule has 2 amide bonds. The molecule has 21 heavy (non-hydrogen) atoms. The number of ether oxygens (including phenoxy) is 1. The van der Waals surface area contributed by atoms with Crippen LogP contribution in [0.2, 0.25) is 0 Å². The highest BCUT2D eigenvalue weighted by atomic mass is 19.1. The van der Waals surface area contributed by atoms with Gasteiger partial charge < -0.3 is 15.4 Å². The summed E-state index contributed by atoms with van der Waals surface area (Å²) in [6.45, 7) is 0. The molecule has 2 N–H and O–H groups in total. The third kappa shape index (κ3) is 3.65. The first-order chi connectivity index (χ1) is 9.99. The normalized spacial score (nSPS) is 10.1. The van der Waals surface area contributed by atoms with E-state index in [1.54, 1.807) is 0 Å². The third-order valence-corrected chi connectivity index (χ3v) is 2.59. The second-order valence-corrected chi connectivity index (χ2v) is 4.05. The summed E-state index contributed by atoms with van der Waals surface area (Å²) < 4.78 is 44.5. The van der Waals surface area contributed by atoms with Crippen molar-refractivity contribution >= 4 is 17.4 Å². The van der Waals surface area contributed by atoms with Crippen molar-refractivity contribution in [3.05, 3.63) is 53.8 Å². The van der Waals surface area contributed by atoms with Gasteiger partial charge in [0.2, 0.25) is 0 Å². The molecule has 0 radical (unpaired) electrons. The molecule has 0 aliphatic carbocycles. The van der Waals surface area contributed by atoms with Gasteiger partial charge in [-0.2, -0.15) is 0 Å². The summed E-state index contributed by atoms with van der Waals surface area (Å²) in [4.78, 5) is 11.6. The van der Waals surface area contributed by atoms with E-state index in [2.05, 4.69) is 10.6 Å². The maximum atomic E-state index is 13.4. The van der Waals surface area contributed by atoms with Crippen molar-refractivity contribution in [2.75, 3.05) is 17.7 Å². The molecule has 2 aromatic carbocycles. The van der Waals surface area contributed by atoms with Crippen LogP contribution >= 0.6 is 0 Å². The van der Waals surface area contributed by atoms with Crippen LogP contribution in [0.5, 0.6) is 5.75 Å². The lowest BCUT2D eigenvalue weighted by Crippen LogP contribution is -2.20. The third-order valence-electron chi connectivity index (χ3n) is 2.59. The van der Waals surface area contributed by atoms with Gasteiger partial charge in [-0.3, -0.25) is 0 Å². The lowest BCUT2D eigenvalue weighted by atomic mass is 10.3. The number of hydrogen-bond donors (Lipinski definition) is 2. The standard InChI is InChI=1S/C14H11F3N2O2/c1-21-13-5-3-9(7-11(13)17)18-14(20)19-12-6-8(15)2-4-10(12)16/h2-7H,1H3,(H2,18,19,20). The van der Waals surface area contributed by atoms with Crippen LogP contribution in [0.4, 0.5) is 29.3 Å². The van der Waals surface area contributed by atoms with E-state index in [1.165, 1.54) is 19.2 Å². The average Bonchev–Trinajstić information content (AvgIpc) is 2.43. The Kier molecular flexibility index (Phi) is 4.32. The Balaban J connectivity index is 2.08. The van der Waals surface area contributed by atoms with E-state index in [9.17, 15) is 18.0 Å². The topological polar surface area (TPSA) is 50.4 Å². The van der Waals surface area contributed by atoms with Crippen LogP contribution in [-0.2, 0) is 0 Å². The fourth-order valence-corrected chi connectivity index (χ4v) is 1.62. The zero-order chi connectivity index (χ0) is 15.4. The van der Waals surface area contributed by atoms with Crippen LogP contribution in [0, 0.1) is 17.5 Å². The summed E-state index contributed by atoms with van der Waals surface area (Å²) in [7, 11) is 1.31. The van der Waals surface area contributed by atoms with E-state index in [4.69, 9.17) is 4.74 Å². The van der Waals surface area contributed by atoms with Crippen LogP contribution in [-0.4, -0.2) is 13.1 Å². The Morgan fingerprint density at radius 3 is 2.43 bits per heavy atom. The molecule has 0 bridgehead atoms. The van der Waals surface area contributed by atoms with E-state index < -0.39 is 23.5 Å². The summed E-state index contributed by atoms with van der Waals surface area (Å²) >= 11 is 0. The van der Waals surface area contributed by atoms with E-state index in [0.717, 1.165) is 24.3 Å². The smallest absolute Gasteiger partial charge is 0.323 e. The number of carbonyl (C=O) groups is 1. The van der Waals surface area contributed by atoms with E-state index >= 15 is 0 Å². The lowest BCUT2D eigenvalue weighted by molar-refractivity contribution is 0.262. The lowest BCUT2D eigenvalue weighted by Gasteiger charge is -2.09. The molecule has 0 unspecified atom stereocenters. The molecule has 0 fully saturated rings. The van der Waals surface area contributed by atoms with Crippen LogP contribution in [0.25, 0.3) is 0 Å². The molecule has 0 saturated carbocycles. The number of hydrogen-bond acceptors (Lipinski definition) is 2. The molecule has 7 heteroatoms. The van der Waals surface area contributed by atoms with Crippen LogP contribution < -0.4 is 15.4 Å². The first-order valence-electron chi connectivity index (χ1n) is 5.86. The van der Waals surface area contributed by atoms with Crippen molar-refractivity contribution < 1.29 is 22.7 Å². The molecule has 110 valence electrons. The number of rotatable bonds is 3. The monoisotopic (exact) mass is 296 g/mol. The summed E-state index contributed by atoms with van der Waals surface area (Å²) in [5.41, 5.74) is -0.177. The van der Waals surface area contributed by atoms with Crippen LogP contribution in [0.1, 0.15) is 0 Å². The first kappa shape index (κ1) is 14.7. The van der Waals surface area contributed by atoms with Crippen molar-refractivity contribution in [2.45, 2.75) is 0 Å². The van der Waals surface area contributed by atoms with Crippen LogP contribution in [0.3, 0.4) is 0 Å². The molecule has 0 spiro atoms. The molecule has 0 aromatic heterocycles. The minimum absolute atomic E-state index is 0.0251. The predicted octanol–water partition coefficient (Wildman–Crippen LogP) is 3.76. The number of nitrogens with one attached hydrogen (secondary N) is 2. The fraction of sp³-hybridized carbons (Fsp3) is 0.0714. The molecule has 0 heterocycles. The van der Waals surface area contributed by atoms with Crippen molar-refractivity contribution in [2.24, 2.45) is 0 Å². The summed E-state index contributed by atoms with van der Waals surface area (Å²) in [6.07, 6.45) is 0. The fourth-order valence-electron chi connectivity index (χ4n) is 1.62. The van der Waals surface area contributed by atoms with Gasteiger partial charge in [-0.15, -0.1) is 0 Å². The Hall–Kier alpha value is -2.70. The van der Waals surface area contributed by atoms with E-state index in [1.807, 2.05) is 0 Å². The first-order valence-corrected chi connectivity index (χ1v) is 5.86. The summed E-state index contributed by atoms with van der Waals surface area (Å²) in [5, 5.41) is 4.42. The van der Waals surface area contributed by atoms with Crippen molar-refractivity contribution in [3.8, 4) is 5.75 Å². The molecule has 2 rings (SSSR count). The maximum Gasteiger partial charge on any atom is 0.323 e. The number of carbonyl (C=O) groups excluding carboxylic acids is 1. The second-order valence-electron chi connectivity index (χ2n) is 4.05. The largest absolute Gasteiger partial charge is 0.494 e.